The molecule has 1 saturated heterocycles. The number of sulfonamides is 1. The molecule has 11 nitrogen and oxygen atoms in total. The molecule has 2 heterocycles. The third kappa shape index (κ3) is 7.14. The Balaban J connectivity index is 1.42. The maximum atomic E-state index is 14.0. The molecule has 0 radical (unpaired) electrons. The number of carbonyl (C=O) groups excluding carboxylic acids is 2. The Morgan fingerprint density at radius 2 is 1.82 bits per heavy atom. The lowest BCUT2D eigenvalue weighted by molar-refractivity contribution is -0.132. The first kappa shape index (κ1) is 33.2. The van der Waals surface area contributed by atoms with Gasteiger partial charge < -0.3 is 30.5 Å². The van der Waals surface area contributed by atoms with Crippen LogP contribution in [-0.2, 0) is 19.6 Å². The van der Waals surface area contributed by atoms with Crippen LogP contribution < -0.4 is 25.4 Å². The van der Waals surface area contributed by atoms with E-state index in [1.54, 1.807) is 6.07 Å². The zero-order valence-corrected chi connectivity index (χ0v) is 27.3. The van der Waals surface area contributed by atoms with Gasteiger partial charge in [-0.1, -0.05) is 64.4 Å². The molecule has 12 heteroatoms. The molecule has 2 aromatic carbocycles. The van der Waals surface area contributed by atoms with Gasteiger partial charge in [-0.3, -0.25) is 9.59 Å². The van der Waals surface area contributed by atoms with Crippen molar-refractivity contribution in [3.63, 3.8) is 0 Å². The number of aliphatic hydroxyl groups is 1. The SMILES string of the molecule is CCC(C)[C@H](NC(=O)[C@@H]1CCCN1)C(=O)NC1([C@H](O)CN(CC(C)C)S(=O)(=O)c2ccc3c(c2)OCO3)C[C@H]1c1ccccc1. The van der Waals surface area contributed by atoms with Crippen LogP contribution >= 0.6 is 0 Å². The predicted octanol–water partition coefficient (Wildman–Crippen LogP) is 2.75. The van der Waals surface area contributed by atoms with Crippen molar-refractivity contribution >= 4 is 21.8 Å². The number of aliphatic hydroxyl groups excluding tert-OH is 1. The zero-order valence-electron chi connectivity index (χ0n) is 26.5. The smallest absolute Gasteiger partial charge is 0.243 e. The van der Waals surface area contributed by atoms with Crippen molar-refractivity contribution in [3.05, 3.63) is 54.1 Å². The van der Waals surface area contributed by atoms with E-state index in [0.717, 1.165) is 18.5 Å². The molecule has 2 aliphatic heterocycles. The summed E-state index contributed by atoms with van der Waals surface area (Å²) in [7, 11) is -4.05. The fourth-order valence-electron chi connectivity index (χ4n) is 6.36. The fourth-order valence-corrected chi connectivity index (χ4v) is 7.99. The Labute approximate surface area is 266 Å². The van der Waals surface area contributed by atoms with Gasteiger partial charge in [-0.25, -0.2) is 8.42 Å². The van der Waals surface area contributed by atoms with E-state index < -0.39 is 27.7 Å². The van der Waals surface area contributed by atoms with Gasteiger partial charge in [0.1, 0.15) is 6.04 Å². The number of ether oxygens (including phenoxy) is 2. The summed E-state index contributed by atoms with van der Waals surface area (Å²) in [6.45, 7) is 8.41. The molecule has 1 aliphatic carbocycles. The van der Waals surface area contributed by atoms with Gasteiger partial charge in [0.15, 0.2) is 11.5 Å². The Bertz CT molecular complexity index is 1460. The van der Waals surface area contributed by atoms with Crippen LogP contribution in [0.1, 0.15) is 64.9 Å². The van der Waals surface area contributed by atoms with Crippen LogP contribution in [-0.4, -0.2) is 79.8 Å². The molecule has 2 aromatic rings. The summed E-state index contributed by atoms with van der Waals surface area (Å²) < 4.78 is 40.0. The minimum Gasteiger partial charge on any atom is -0.454 e. The highest BCUT2D eigenvalue weighted by Gasteiger charge is 2.61. The van der Waals surface area contributed by atoms with Crippen LogP contribution in [0, 0.1) is 11.8 Å². The largest absolute Gasteiger partial charge is 0.454 e. The summed E-state index contributed by atoms with van der Waals surface area (Å²) >= 11 is 0. The van der Waals surface area contributed by atoms with Crippen molar-refractivity contribution < 1.29 is 32.6 Å². The maximum Gasteiger partial charge on any atom is 0.243 e. The van der Waals surface area contributed by atoms with Gasteiger partial charge in [0, 0.05) is 25.1 Å². The third-order valence-corrected chi connectivity index (χ3v) is 11.1. The van der Waals surface area contributed by atoms with Gasteiger partial charge in [-0.15, -0.1) is 0 Å². The molecule has 6 atom stereocenters. The molecular weight excluding hydrogens is 596 g/mol. The van der Waals surface area contributed by atoms with E-state index in [2.05, 4.69) is 16.0 Å². The number of hydrogen-bond acceptors (Lipinski definition) is 8. The first-order valence-electron chi connectivity index (χ1n) is 15.9. The van der Waals surface area contributed by atoms with Gasteiger partial charge in [-0.05, 0) is 55.3 Å². The van der Waals surface area contributed by atoms with E-state index in [1.807, 2.05) is 58.0 Å². The standard InChI is InChI=1S/C33H46N4O7S/c1-5-22(4)30(35-31(39)26-12-9-15-34-26)32(40)36-33(17-25(33)23-10-7-6-8-11-23)29(38)19-37(18-21(2)3)45(41,42)24-13-14-27-28(16-24)44-20-43-27/h6-8,10-11,13-14,16,21-22,25-26,29-30,34,38H,5,9,12,15,17-20H2,1-4H3,(H,35,39)(H,36,40)/t22?,25-,26-,29+,30-,33?/m0/s1. The molecule has 2 amide bonds. The normalized spacial score (nSPS) is 24.3. The molecule has 45 heavy (non-hydrogen) atoms. The Morgan fingerprint density at radius 3 is 2.49 bits per heavy atom. The number of nitrogens with zero attached hydrogens (tertiary/aromatic N) is 1. The van der Waals surface area contributed by atoms with Gasteiger partial charge in [0.25, 0.3) is 0 Å². The molecule has 0 spiro atoms. The molecule has 4 N–H and O–H groups in total. The summed E-state index contributed by atoms with van der Waals surface area (Å²) in [5.41, 5.74) is -0.190. The monoisotopic (exact) mass is 642 g/mol. The highest BCUT2D eigenvalue weighted by Crippen LogP contribution is 2.54. The zero-order chi connectivity index (χ0) is 32.4. The molecule has 2 fully saturated rings. The van der Waals surface area contributed by atoms with Gasteiger partial charge in [-0.2, -0.15) is 4.31 Å². The van der Waals surface area contributed by atoms with Crippen molar-refractivity contribution in [1.29, 1.82) is 0 Å². The number of rotatable bonds is 14. The minimum atomic E-state index is -4.05. The number of benzene rings is 2. The molecule has 3 aliphatic rings. The Morgan fingerprint density at radius 1 is 1.09 bits per heavy atom. The summed E-state index contributed by atoms with van der Waals surface area (Å²) in [5, 5.41) is 21.2. The van der Waals surface area contributed by atoms with E-state index >= 15 is 0 Å². The van der Waals surface area contributed by atoms with E-state index in [4.69, 9.17) is 9.47 Å². The second-order valence-electron chi connectivity index (χ2n) is 13.0. The Kier molecular flexibility index (Phi) is 10.1. The third-order valence-electron chi connectivity index (χ3n) is 9.25. The number of hydrogen-bond donors (Lipinski definition) is 4. The topological polar surface area (TPSA) is 146 Å². The van der Waals surface area contributed by atoms with Crippen molar-refractivity contribution in [1.82, 2.24) is 20.3 Å². The molecule has 2 unspecified atom stereocenters. The lowest BCUT2D eigenvalue weighted by Crippen LogP contribution is -2.59. The molecule has 0 bridgehead atoms. The quantitative estimate of drug-likeness (QED) is 0.246. The van der Waals surface area contributed by atoms with Crippen LogP contribution in [0.5, 0.6) is 11.5 Å². The highest BCUT2D eigenvalue weighted by molar-refractivity contribution is 7.89. The second-order valence-corrected chi connectivity index (χ2v) is 14.9. The summed E-state index contributed by atoms with van der Waals surface area (Å²) in [4.78, 5) is 27.1. The van der Waals surface area contributed by atoms with Crippen LogP contribution in [0.15, 0.2) is 53.4 Å². The lowest BCUT2D eigenvalue weighted by Gasteiger charge is -2.33. The summed E-state index contributed by atoms with van der Waals surface area (Å²) in [6.07, 6.45) is 1.45. The predicted molar refractivity (Wildman–Crippen MR) is 169 cm³/mol. The average Bonchev–Trinajstić information content (AvgIpc) is 3.34. The van der Waals surface area contributed by atoms with E-state index in [0.29, 0.717) is 30.8 Å². The van der Waals surface area contributed by atoms with Crippen molar-refractivity contribution in [2.45, 2.75) is 87.9 Å². The van der Waals surface area contributed by atoms with Crippen LogP contribution in [0.3, 0.4) is 0 Å². The summed E-state index contributed by atoms with van der Waals surface area (Å²) in [5.74, 6) is -0.217. The van der Waals surface area contributed by atoms with Crippen LogP contribution in [0.25, 0.3) is 0 Å². The van der Waals surface area contributed by atoms with Gasteiger partial charge in [0.2, 0.25) is 28.6 Å². The van der Waals surface area contributed by atoms with Crippen LogP contribution in [0.4, 0.5) is 0 Å². The van der Waals surface area contributed by atoms with E-state index in [9.17, 15) is 23.1 Å². The maximum absolute atomic E-state index is 14.0. The first-order valence-corrected chi connectivity index (χ1v) is 17.4. The summed E-state index contributed by atoms with van der Waals surface area (Å²) in [6, 6.07) is 12.9. The fraction of sp³-hybridized carbons (Fsp3) is 0.576. The van der Waals surface area contributed by atoms with Crippen LogP contribution in [0.2, 0.25) is 0 Å². The number of carbonyl (C=O) groups is 2. The first-order chi connectivity index (χ1) is 21.5. The minimum absolute atomic E-state index is 0.0195. The number of fused-ring (bicyclic) bond motifs is 1. The van der Waals surface area contributed by atoms with E-state index in [1.165, 1.54) is 16.4 Å². The Hall–Kier alpha value is -3.19. The molecule has 5 rings (SSSR count). The molecule has 0 aromatic heterocycles. The lowest BCUT2D eigenvalue weighted by atomic mass is 9.95. The molecular formula is C33H46N4O7S. The molecule has 246 valence electrons. The van der Waals surface area contributed by atoms with E-state index in [-0.39, 0.29) is 60.4 Å². The van der Waals surface area contributed by atoms with Crippen molar-refractivity contribution in [2.75, 3.05) is 26.4 Å². The van der Waals surface area contributed by atoms with Crippen molar-refractivity contribution in [2.24, 2.45) is 11.8 Å². The van der Waals surface area contributed by atoms with Crippen molar-refractivity contribution in [3.8, 4) is 11.5 Å². The number of nitrogens with one attached hydrogen (secondary N) is 3. The second kappa shape index (κ2) is 13.7. The highest BCUT2D eigenvalue weighted by atomic mass is 32.2. The van der Waals surface area contributed by atoms with Gasteiger partial charge in [0.05, 0.1) is 22.6 Å². The number of amides is 2. The molecule has 1 saturated carbocycles. The average molecular weight is 643 g/mol. The van der Waals surface area contributed by atoms with Gasteiger partial charge >= 0.3 is 0 Å².